The predicted molar refractivity (Wildman–Crippen MR) is 291 cm³/mol. The Morgan fingerprint density at radius 3 is 1.46 bits per heavy atom. The molecule has 14 aromatic rings. The van der Waals surface area contributed by atoms with Crippen molar-refractivity contribution in [2.24, 2.45) is 0 Å². The normalized spacial score (nSPS) is 11.6. The Hall–Kier alpha value is -9.85. The van der Waals surface area contributed by atoms with E-state index in [1.807, 2.05) is 72.8 Å². The zero-order valence-electron chi connectivity index (χ0n) is 38.6. The lowest BCUT2D eigenvalue weighted by Gasteiger charge is -2.12. The van der Waals surface area contributed by atoms with Gasteiger partial charge in [0, 0.05) is 60.5 Å². The molecular weight excluding hydrogens is 883 g/mol. The Morgan fingerprint density at radius 2 is 0.722 bits per heavy atom. The number of hydrogen-bond acceptors (Lipinski definition) is 7. The van der Waals surface area contributed by atoms with Crippen molar-refractivity contribution in [3.05, 3.63) is 237 Å². The van der Waals surface area contributed by atoms with E-state index in [0.29, 0.717) is 23.3 Å². The third-order valence-electron chi connectivity index (χ3n) is 13.5. The molecule has 0 unspecified atom stereocenters. The summed E-state index contributed by atoms with van der Waals surface area (Å²) >= 11 is 0. The molecule has 0 N–H and O–H groups in total. The molecule has 0 fully saturated rings. The number of furan rings is 2. The third kappa shape index (κ3) is 7.36. The van der Waals surface area contributed by atoms with Crippen LogP contribution in [0, 0.1) is 0 Å². The molecule has 4 aromatic heterocycles. The fourth-order valence-electron chi connectivity index (χ4n) is 9.90. The van der Waals surface area contributed by atoms with Crippen LogP contribution < -0.4 is 0 Å². The van der Waals surface area contributed by atoms with Crippen LogP contribution >= 0.6 is 0 Å². The molecule has 14 rings (SSSR count). The van der Waals surface area contributed by atoms with Gasteiger partial charge < -0.3 is 8.83 Å². The van der Waals surface area contributed by atoms with Crippen molar-refractivity contribution in [1.29, 1.82) is 0 Å². The summed E-state index contributed by atoms with van der Waals surface area (Å²) in [6, 6.07) is 81.2. The first-order valence-corrected chi connectivity index (χ1v) is 24.0. The van der Waals surface area contributed by atoms with Crippen LogP contribution in [0.25, 0.3) is 145 Å². The average Bonchev–Trinajstić information content (AvgIpc) is 4.02. The van der Waals surface area contributed by atoms with Crippen molar-refractivity contribution in [3.8, 4) is 90.3 Å². The summed E-state index contributed by atoms with van der Waals surface area (Å²) in [5, 5.41) is 6.66. The van der Waals surface area contributed by atoms with E-state index in [0.717, 1.165) is 116 Å². The number of fused-ring (bicyclic) bond motifs is 7. The standard InChI is InChI=1S/C65H39N5O2/c1-3-14-42(15-4-1)62-66-56(41-30-28-40(29-31-41)51-25-13-26-54-52-24-9-10-27-58(52)72-61(51)54)39-57(67-62)48-22-11-20-44(34-48)45-21-12-23-49(35-45)64-68-63(43-16-5-2-6-17-43)69-65(70-64)50-32-33-53-55-36-46-18-7-8-19-47(46)37-60(55)71-59(53)38-50/h1-39H. The lowest BCUT2D eigenvalue weighted by Crippen LogP contribution is -2.00. The van der Waals surface area contributed by atoms with Crippen LogP contribution in [0.3, 0.4) is 0 Å². The minimum atomic E-state index is 0.561. The highest BCUT2D eigenvalue weighted by atomic mass is 16.3. The first kappa shape index (κ1) is 41.2. The molecule has 0 aliphatic carbocycles. The lowest BCUT2D eigenvalue weighted by molar-refractivity contribution is 0.669. The molecule has 0 atom stereocenters. The van der Waals surface area contributed by atoms with Gasteiger partial charge in [-0.25, -0.2) is 24.9 Å². The number of rotatable bonds is 8. The summed E-state index contributed by atoms with van der Waals surface area (Å²) in [4.78, 5) is 25.6. The maximum Gasteiger partial charge on any atom is 0.164 e. The maximum atomic E-state index is 6.47. The molecule has 0 aliphatic rings. The largest absolute Gasteiger partial charge is 0.456 e. The van der Waals surface area contributed by atoms with Gasteiger partial charge in [0.25, 0.3) is 0 Å². The Kier molecular flexibility index (Phi) is 9.70. The van der Waals surface area contributed by atoms with Crippen LogP contribution in [0.2, 0.25) is 0 Å². The molecule has 0 aliphatic heterocycles. The summed E-state index contributed by atoms with van der Waals surface area (Å²) < 4.78 is 12.9. The van der Waals surface area contributed by atoms with Crippen LogP contribution in [0.15, 0.2) is 245 Å². The second-order valence-electron chi connectivity index (χ2n) is 18.0. The minimum Gasteiger partial charge on any atom is -0.456 e. The molecule has 0 radical (unpaired) electrons. The van der Waals surface area contributed by atoms with Crippen LogP contribution in [0.5, 0.6) is 0 Å². The van der Waals surface area contributed by atoms with Crippen LogP contribution in [0.4, 0.5) is 0 Å². The summed E-state index contributed by atoms with van der Waals surface area (Å²) in [5.41, 5.74) is 14.7. The van der Waals surface area contributed by atoms with E-state index >= 15 is 0 Å². The van der Waals surface area contributed by atoms with E-state index in [1.165, 1.54) is 5.39 Å². The second-order valence-corrected chi connectivity index (χ2v) is 18.0. The van der Waals surface area contributed by atoms with Crippen molar-refractivity contribution in [2.45, 2.75) is 0 Å². The van der Waals surface area contributed by atoms with Gasteiger partial charge in [0.15, 0.2) is 23.3 Å². The monoisotopic (exact) mass is 921 g/mol. The summed E-state index contributed by atoms with van der Waals surface area (Å²) in [6.45, 7) is 0. The highest BCUT2D eigenvalue weighted by Crippen LogP contribution is 2.39. The van der Waals surface area contributed by atoms with Crippen molar-refractivity contribution in [2.75, 3.05) is 0 Å². The topological polar surface area (TPSA) is 90.7 Å². The van der Waals surface area contributed by atoms with Crippen molar-refractivity contribution < 1.29 is 8.83 Å². The summed E-state index contributed by atoms with van der Waals surface area (Å²) in [5.74, 6) is 2.37. The number of hydrogen-bond donors (Lipinski definition) is 0. The van der Waals surface area contributed by atoms with E-state index in [-0.39, 0.29) is 0 Å². The quantitative estimate of drug-likeness (QED) is 0.150. The molecule has 7 nitrogen and oxygen atoms in total. The van der Waals surface area contributed by atoms with Gasteiger partial charge in [-0.15, -0.1) is 0 Å². The molecule has 0 saturated carbocycles. The molecule has 72 heavy (non-hydrogen) atoms. The van der Waals surface area contributed by atoms with Gasteiger partial charge >= 0.3 is 0 Å². The van der Waals surface area contributed by atoms with Crippen LogP contribution in [0.1, 0.15) is 0 Å². The van der Waals surface area contributed by atoms with Gasteiger partial charge in [-0.2, -0.15) is 0 Å². The smallest absolute Gasteiger partial charge is 0.164 e. The highest BCUT2D eigenvalue weighted by molar-refractivity contribution is 6.11. The first-order chi connectivity index (χ1) is 35.6. The fourth-order valence-corrected chi connectivity index (χ4v) is 9.90. The maximum absolute atomic E-state index is 6.47. The number of aromatic nitrogens is 5. The van der Waals surface area contributed by atoms with Gasteiger partial charge in [-0.1, -0.05) is 188 Å². The Labute approximate surface area is 413 Å². The van der Waals surface area contributed by atoms with Gasteiger partial charge in [0.2, 0.25) is 0 Å². The molecule has 0 amide bonds. The van der Waals surface area contributed by atoms with Gasteiger partial charge in [0.05, 0.1) is 11.4 Å². The van der Waals surface area contributed by atoms with E-state index in [1.54, 1.807) is 0 Å². The summed E-state index contributed by atoms with van der Waals surface area (Å²) in [7, 11) is 0. The number of nitrogens with zero attached hydrogens (tertiary/aromatic N) is 5. The highest BCUT2D eigenvalue weighted by Gasteiger charge is 2.18. The molecule has 0 saturated heterocycles. The number of benzene rings is 10. The number of para-hydroxylation sites is 2. The molecule has 0 bridgehead atoms. The molecule has 336 valence electrons. The minimum absolute atomic E-state index is 0.561. The molecule has 0 spiro atoms. The molecule has 10 aromatic carbocycles. The van der Waals surface area contributed by atoms with Crippen molar-refractivity contribution in [3.63, 3.8) is 0 Å². The average molecular weight is 922 g/mol. The van der Waals surface area contributed by atoms with Gasteiger partial charge in [-0.05, 0) is 76.0 Å². The zero-order chi connectivity index (χ0) is 47.5. The van der Waals surface area contributed by atoms with Gasteiger partial charge in [0.1, 0.15) is 22.3 Å². The molecular formula is C65H39N5O2. The Bertz CT molecular complexity index is 4390. The third-order valence-corrected chi connectivity index (χ3v) is 13.5. The summed E-state index contributed by atoms with van der Waals surface area (Å²) in [6.07, 6.45) is 0. The Balaban J connectivity index is 0.826. The predicted octanol–water partition coefficient (Wildman–Crippen LogP) is 16.9. The lowest BCUT2D eigenvalue weighted by atomic mass is 9.98. The van der Waals surface area contributed by atoms with Crippen LogP contribution in [-0.2, 0) is 0 Å². The van der Waals surface area contributed by atoms with E-state index < -0.39 is 0 Å². The fraction of sp³-hybridized carbons (Fsp3) is 0. The zero-order valence-corrected chi connectivity index (χ0v) is 38.6. The van der Waals surface area contributed by atoms with Crippen LogP contribution in [-0.4, -0.2) is 24.9 Å². The van der Waals surface area contributed by atoms with Crippen molar-refractivity contribution >= 4 is 54.6 Å². The molecule has 7 heteroatoms. The van der Waals surface area contributed by atoms with E-state index in [4.69, 9.17) is 33.8 Å². The first-order valence-electron chi connectivity index (χ1n) is 24.0. The Morgan fingerprint density at radius 1 is 0.236 bits per heavy atom. The van der Waals surface area contributed by atoms with E-state index in [2.05, 4.69) is 164 Å². The van der Waals surface area contributed by atoms with Crippen molar-refractivity contribution in [1.82, 2.24) is 24.9 Å². The van der Waals surface area contributed by atoms with Gasteiger partial charge in [-0.3, -0.25) is 0 Å². The second kappa shape index (κ2) is 17.0. The van der Waals surface area contributed by atoms with E-state index in [9.17, 15) is 0 Å². The molecule has 4 heterocycles. The SMILES string of the molecule is c1ccc(-c2nc(-c3ccc(-c4cccc5c4oc4ccccc45)cc3)cc(-c3cccc(-c4cccc(-c5nc(-c6ccccc6)nc(-c6ccc7c(c6)oc6cc8ccccc8cc67)n5)c4)c3)n2)cc1.